The highest BCUT2D eigenvalue weighted by atomic mass is 35.5. The van der Waals surface area contributed by atoms with E-state index in [1.807, 2.05) is 31.2 Å². The van der Waals surface area contributed by atoms with Gasteiger partial charge in [-0.3, -0.25) is 0 Å². The summed E-state index contributed by atoms with van der Waals surface area (Å²) in [6.45, 7) is 4.06. The molecule has 0 spiro atoms. The Hall–Kier alpha value is -1.80. The number of halogens is 1. The molecular formula is C16H14ClNO. The van der Waals surface area contributed by atoms with Crippen molar-refractivity contribution in [3.05, 3.63) is 46.5 Å². The molecule has 0 fully saturated rings. The van der Waals surface area contributed by atoms with E-state index in [2.05, 4.69) is 18.0 Å². The van der Waals surface area contributed by atoms with Crippen molar-refractivity contribution in [2.75, 3.05) is 7.11 Å². The van der Waals surface area contributed by atoms with Crippen molar-refractivity contribution in [2.24, 2.45) is 0 Å². The number of fused-ring (bicyclic) bond motifs is 2. The normalized spacial score (nSPS) is 11.2. The van der Waals surface area contributed by atoms with Crippen LogP contribution in [-0.2, 0) is 0 Å². The SMILES string of the molecule is COc1cc2nc3cc(C)ccc3c(Cl)c2cc1C. The quantitative estimate of drug-likeness (QED) is 0.600. The molecule has 19 heavy (non-hydrogen) atoms. The fourth-order valence-electron chi connectivity index (χ4n) is 2.36. The highest BCUT2D eigenvalue weighted by Gasteiger charge is 2.10. The second kappa shape index (κ2) is 4.39. The summed E-state index contributed by atoms with van der Waals surface area (Å²) in [6.07, 6.45) is 0. The van der Waals surface area contributed by atoms with Crippen LogP contribution in [0.2, 0.25) is 5.02 Å². The molecule has 0 N–H and O–H groups in total. The number of hydrogen-bond donors (Lipinski definition) is 0. The number of methoxy groups -OCH3 is 1. The van der Waals surface area contributed by atoms with Gasteiger partial charge in [0.2, 0.25) is 0 Å². The monoisotopic (exact) mass is 271 g/mol. The first-order chi connectivity index (χ1) is 9.10. The summed E-state index contributed by atoms with van der Waals surface area (Å²) in [5.41, 5.74) is 4.02. The smallest absolute Gasteiger partial charge is 0.123 e. The number of hydrogen-bond acceptors (Lipinski definition) is 2. The lowest BCUT2D eigenvalue weighted by Gasteiger charge is -2.10. The molecule has 2 nitrogen and oxygen atoms in total. The molecule has 96 valence electrons. The lowest BCUT2D eigenvalue weighted by atomic mass is 10.1. The van der Waals surface area contributed by atoms with Gasteiger partial charge in [0.25, 0.3) is 0 Å². The number of benzene rings is 2. The molecule has 0 aliphatic carbocycles. The minimum Gasteiger partial charge on any atom is -0.496 e. The van der Waals surface area contributed by atoms with Gasteiger partial charge in [-0.1, -0.05) is 23.7 Å². The molecule has 1 heterocycles. The molecule has 0 saturated heterocycles. The van der Waals surface area contributed by atoms with Gasteiger partial charge in [-0.05, 0) is 37.1 Å². The Bertz CT molecular complexity index is 796. The minimum atomic E-state index is 0.755. The van der Waals surface area contributed by atoms with Crippen molar-refractivity contribution >= 4 is 33.4 Å². The summed E-state index contributed by atoms with van der Waals surface area (Å²) in [7, 11) is 1.67. The zero-order chi connectivity index (χ0) is 13.6. The zero-order valence-corrected chi connectivity index (χ0v) is 11.9. The number of aryl methyl sites for hydroxylation is 2. The Balaban J connectivity index is 2.46. The first kappa shape index (κ1) is 12.2. The number of aromatic nitrogens is 1. The summed E-state index contributed by atoms with van der Waals surface area (Å²) in [5, 5.41) is 2.71. The average Bonchev–Trinajstić information content (AvgIpc) is 2.39. The third-order valence-corrected chi connectivity index (χ3v) is 3.79. The Morgan fingerprint density at radius 3 is 2.47 bits per heavy atom. The maximum atomic E-state index is 6.51. The minimum absolute atomic E-state index is 0.755. The molecule has 0 radical (unpaired) electrons. The van der Waals surface area contributed by atoms with E-state index in [-0.39, 0.29) is 0 Å². The summed E-state index contributed by atoms with van der Waals surface area (Å²) in [6, 6.07) is 10.1. The second-order valence-electron chi connectivity index (χ2n) is 4.79. The highest BCUT2D eigenvalue weighted by molar-refractivity contribution is 6.40. The fraction of sp³-hybridized carbons (Fsp3) is 0.188. The summed E-state index contributed by atoms with van der Waals surface area (Å²) in [5.74, 6) is 0.836. The van der Waals surface area contributed by atoms with Crippen LogP contribution in [0.25, 0.3) is 21.8 Å². The first-order valence-electron chi connectivity index (χ1n) is 6.14. The van der Waals surface area contributed by atoms with Crippen LogP contribution >= 0.6 is 11.6 Å². The van der Waals surface area contributed by atoms with Crippen molar-refractivity contribution in [2.45, 2.75) is 13.8 Å². The third-order valence-electron chi connectivity index (χ3n) is 3.38. The van der Waals surface area contributed by atoms with Crippen LogP contribution in [0, 0.1) is 13.8 Å². The number of pyridine rings is 1. The van der Waals surface area contributed by atoms with Gasteiger partial charge in [-0.25, -0.2) is 4.98 Å². The van der Waals surface area contributed by atoms with E-state index < -0.39 is 0 Å². The van der Waals surface area contributed by atoms with Gasteiger partial charge >= 0.3 is 0 Å². The van der Waals surface area contributed by atoms with Gasteiger partial charge in [-0.2, -0.15) is 0 Å². The molecule has 3 rings (SSSR count). The van der Waals surface area contributed by atoms with E-state index in [1.165, 1.54) is 5.56 Å². The van der Waals surface area contributed by atoms with Crippen molar-refractivity contribution in [3.8, 4) is 5.75 Å². The summed E-state index contributed by atoms with van der Waals surface area (Å²) in [4.78, 5) is 4.68. The van der Waals surface area contributed by atoms with Crippen LogP contribution in [0.15, 0.2) is 30.3 Å². The molecule has 0 saturated carbocycles. The second-order valence-corrected chi connectivity index (χ2v) is 5.16. The van der Waals surface area contributed by atoms with Crippen LogP contribution in [0.4, 0.5) is 0 Å². The molecular weight excluding hydrogens is 258 g/mol. The van der Waals surface area contributed by atoms with Crippen molar-refractivity contribution < 1.29 is 4.74 Å². The lowest BCUT2D eigenvalue weighted by molar-refractivity contribution is 0.412. The highest BCUT2D eigenvalue weighted by Crippen LogP contribution is 2.34. The average molecular weight is 272 g/mol. The van der Waals surface area contributed by atoms with Crippen molar-refractivity contribution in [1.82, 2.24) is 4.98 Å². The van der Waals surface area contributed by atoms with Gasteiger partial charge < -0.3 is 4.74 Å². The molecule has 0 amide bonds. The molecule has 2 aromatic carbocycles. The van der Waals surface area contributed by atoms with Crippen molar-refractivity contribution in [1.29, 1.82) is 0 Å². The summed E-state index contributed by atoms with van der Waals surface area (Å²) >= 11 is 6.51. The fourth-order valence-corrected chi connectivity index (χ4v) is 2.67. The molecule has 3 heteroatoms. The topological polar surface area (TPSA) is 22.1 Å². The van der Waals surface area contributed by atoms with E-state index in [0.29, 0.717) is 0 Å². The molecule has 0 aliphatic heterocycles. The van der Waals surface area contributed by atoms with E-state index >= 15 is 0 Å². The van der Waals surface area contributed by atoms with Gasteiger partial charge in [0.1, 0.15) is 5.75 Å². The largest absolute Gasteiger partial charge is 0.496 e. The molecule has 0 atom stereocenters. The van der Waals surface area contributed by atoms with Crippen LogP contribution in [0.3, 0.4) is 0 Å². The molecule has 0 bridgehead atoms. The van der Waals surface area contributed by atoms with E-state index in [9.17, 15) is 0 Å². The van der Waals surface area contributed by atoms with Crippen molar-refractivity contribution in [3.63, 3.8) is 0 Å². The third kappa shape index (κ3) is 1.92. The number of rotatable bonds is 1. The predicted octanol–water partition coefficient (Wildman–Crippen LogP) is 4.67. The molecule has 0 aliphatic rings. The van der Waals surface area contributed by atoms with E-state index in [4.69, 9.17) is 16.3 Å². The van der Waals surface area contributed by atoms with Gasteiger partial charge in [-0.15, -0.1) is 0 Å². The zero-order valence-electron chi connectivity index (χ0n) is 11.1. The Morgan fingerprint density at radius 1 is 1.00 bits per heavy atom. The summed E-state index contributed by atoms with van der Waals surface area (Å²) < 4.78 is 5.35. The maximum absolute atomic E-state index is 6.51. The molecule has 3 aromatic rings. The lowest BCUT2D eigenvalue weighted by Crippen LogP contribution is -1.91. The van der Waals surface area contributed by atoms with Crippen LogP contribution < -0.4 is 4.74 Å². The van der Waals surface area contributed by atoms with Crippen LogP contribution in [0.1, 0.15) is 11.1 Å². The Morgan fingerprint density at radius 2 is 1.74 bits per heavy atom. The van der Waals surface area contributed by atoms with E-state index in [0.717, 1.165) is 38.1 Å². The first-order valence-corrected chi connectivity index (χ1v) is 6.52. The Kier molecular flexibility index (Phi) is 2.83. The van der Waals surface area contributed by atoms with Gasteiger partial charge in [0.05, 0.1) is 23.2 Å². The van der Waals surface area contributed by atoms with Gasteiger partial charge in [0, 0.05) is 16.8 Å². The maximum Gasteiger partial charge on any atom is 0.123 e. The standard InChI is InChI=1S/C16H14ClNO/c1-9-4-5-11-13(6-9)18-14-8-15(19-3)10(2)7-12(14)16(11)17/h4-8H,1-3H3. The Labute approximate surface area is 117 Å². The number of nitrogens with zero attached hydrogens (tertiary/aromatic N) is 1. The molecule has 0 unspecified atom stereocenters. The molecule has 1 aromatic heterocycles. The van der Waals surface area contributed by atoms with Crippen LogP contribution in [0.5, 0.6) is 5.75 Å². The number of ether oxygens (including phenoxy) is 1. The van der Waals surface area contributed by atoms with Crippen LogP contribution in [-0.4, -0.2) is 12.1 Å². The van der Waals surface area contributed by atoms with Gasteiger partial charge in [0.15, 0.2) is 0 Å². The van der Waals surface area contributed by atoms with E-state index in [1.54, 1.807) is 7.11 Å². The predicted molar refractivity (Wildman–Crippen MR) is 80.3 cm³/mol.